The maximum absolute atomic E-state index is 11.9. The third-order valence-corrected chi connectivity index (χ3v) is 3.20. The molecule has 2 amide bonds. The van der Waals surface area contributed by atoms with Gasteiger partial charge in [-0.2, -0.15) is 13.2 Å². The van der Waals surface area contributed by atoms with Gasteiger partial charge >= 0.3 is 6.18 Å². The van der Waals surface area contributed by atoms with Gasteiger partial charge in [-0.1, -0.05) is 6.92 Å². The fraction of sp³-hybridized carbons (Fsp3) is 0.818. The third-order valence-electron chi connectivity index (χ3n) is 3.20. The Morgan fingerprint density at radius 2 is 2.05 bits per heavy atom. The molecule has 0 spiro atoms. The minimum atomic E-state index is -4.39. The molecule has 0 bridgehead atoms. The molecular formula is C11H17F3N2O3. The molecule has 1 rings (SSSR count). The Morgan fingerprint density at radius 3 is 2.58 bits per heavy atom. The number of carbonyl (C=O) groups is 2. The van der Waals surface area contributed by atoms with E-state index in [1.54, 1.807) is 13.8 Å². The standard InChI is InChI=1S/C11H17F3N2O3/c1-3-10(2)9(18)15-6-8(17)16(10)4-5-19-7-11(12,13)14/h3-7H2,1-2H3,(H,15,18). The summed E-state index contributed by atoms with van der Waals surface area (Å²) in [6.45, 7) is 1.55. The Bertz CT molecular complexity index is 360. The Kier molecular flexibility index (Phi) is 4.78. The molecule has 8 heteroatoms. The van der Waals surface area contributed by atoms with E-state index in [4.69, 9.17) is 0 Å². The second kappa shape index (κ2) is 5.77. The second-order valence-corrected chi connectivity index (χ2v) is 4.52. The quantitative estimate of drug-likeness (QED) is 0.755. The zero-order valence-corrected chi connectivity index (χ0v) is 10.8. The lowest BCUT2D eigenvalue weighted by Gasteiger charge is -2.42. The van der Waals surface area contributed by atoms with E-state index in [9.17, 15) is 22.8 Å². The predicted octanol–water partition coefficient (Wildman–Crippen LogP) is 0.692. The maximum Gasteiger partial charge on any atom is 0.411 e. The van der Waals surface area contributed by atoms with Crippen molar-refractivity contribution in [1.82, 2.24) is 10.2 Å². The van der Waals surface area contributed by atoms with Gasteiger partial charge in [0.1, 0.15) is 12.1 Å². The molecule has 1 aliphatic rings. The van der Waals surface area contributed by atoms with Crippen molar-refractivity contribution < 1.29 is 27.5 Å². The summed E-state index contributed by atoms with van der Waals surface area (Å²) in [5.74, 6) is -0.620. The number of nitrogens with one attached hydrogen (secondary N) is 1. The van der Waals surface area contributed by atoms with Crippen molar-refractivity contribution in [1.29, 1.82) is 0 Å². The normalized spacial score (nSPS) is 24.6. The fourth-order valence-corrected chi connectivity index (χ4v) is 1.91. The number of alkyl halides is 3. The lowest BCUT2D eigenvalue weighted by atomic mass is 9.93. The molecule has 0 aromatic carbocycles. The summed E-state index contributed by atoms with van der Waals surface area (Å²) >= 11 is 0. The predicted molar refractivity (Wildman–Crippen MR) is 60.3 cm³/mol. The van der Waals surface area contributed by atoms with Crippen LogP contribution < -0.4 is 5.32 Å². The van der Waals surface area contributed by atoms with Crippen LogP contribution in [0.5, 0.6) is 0 Å². The van der Waals surface area contributed by atoms with E-state index in [2.05, 4.69) is 10.1 Å². The van der Waals surface area contributed by atoms with E-state index in [0.29, 0.717) is 6.42 Å². The maximum atomic E-state index is 11.9. The molecule has 110 valence electrons. The van der Waals surface area contributed by atoms with Gasteiger partial charge in [-0.05, 0) is 13.3 Å². The summed E-state index contributed by atoms with van der Waals surface area (Å²) in [6.07, 6.45) is -4.01. The van der Waals surface area contributed by atoms with Crippen LogP contribution in [0.15, 0.2) is 0 Å². The average Bonchev–Trinajstić information content (AvgIpc) is 2.32. The molecule has 1 saturated heterocycles. The SMILES string of the molecule is CCC1(C)C(=O)NCC(=O)N1CCOCC(F)(F)F. The van der Waals surface area contributed by atoms with Gasteiger partial charge in [0.05, 0.1) is 13.2 Å². The van der Waals surface area contributed by atoms with Gasteiger partial charge in [-0.3, -0.25) is 9.59 Å². The van der Waals surface area contributed by atoms with E-state index >= 15 is 0 Å². The summed E-state index contributed by atoms with van der Waals surface area (Å²) in [6, 6.07) is 0. The van der Waals surface area contributed by atoms with E-state index in [1.165, 1.54) is 4.90 Å². The van der Waals surface area contributed by atoms with Crippen molar-refractivity contribution in [3.8, 4) is 0 Å². The molecule has 1 fully saturated rings. The van der Waals surface area contributed by atoms with Crippen LogP contribution in [-0.4, -0.2) is 54.7 Å². The summed E-state index contributed by atoms with van der Waals surface area (Å²) in [7, 11) is 0. The van der Waals surface area contributed by atoms with Crippen molar-refractivity contribution in [2.24, 2.45) is 0 Å². The zero-order valence-electron chi connectivity index (χ0n) is 10.8. The lowest BCUT2D eigenvalue weighted by molar-refractivity contribution is -0.177. The number of piperazine rings is 1. The van der Waals surface area contributed by atoms with Crippen LogP contribution in [0.3, 0.4) is 0 Å². The van der Waals surface area contributed by atoms with Gasteiger partial charge in [0.15, 0.2) is 0 Å². The Balaban J connectivity index is 2.58. The summed E-state index contributed by atoms with van der Waals surface area (Å²) in [5, 5.41) is 2.47. The van der Waals surface area contributed by atoms with Crippen LogP contribution >= 0.6 is 0 Å². The third kappa shape index (κ3) is 3.82. The molecule has 0 saturated carbocycles. The molecule has 1 aliphatic heterocycles. The molecule has 0 aromatic heterocycles. The van der Waals surface area contributed by atoms with Gasteiger partial charge in [0, 0.05) is 6.54 Å². The number of ether oxygens (including phenoxy) is 1. The van der Waals surface area contributed by atoms with Crippen LogP contribution in [0.2, 0.25) is 0 Å². The number of hydrogen-bond acceptors (Lipinski definition) is 3. The molecular weight excluding hydrogens is 265 g/mol. The van der Waals surface area contributed by atoms with Gasteiger partial charge in [-0.25, -0.2) is 0 Å². The highest BCUT2D eigenvalue weighted by Crippen LogP contribution is 2.22. The minimum absolute atomic E-state index is 0.0350. The van der Waals surface area contributed by atoms with E-state index in [0.717, 1.165) is 0 Å². The molecule has 19 heavy (non-hydrogen) atoms. The van der Waals surface area contributed by atoms with Crippen molar-refractivity contribution in [2.45, 2.75) is 32.0 Å². The fourth-order valence-electron chi connectivity index (χ4n) is 1.91. The summed E-state index contributed by atoms with van der Waals surface area (Å²) in [4.78, 5) is 24.8. The van der Waals surface area contributed by atoms with Crippen LogP contribution in [0, 0.1) is 0 Å². The van der Waals surface area contributed by atoms with Crippen LogP contribution in [0.4, 0.5) is 13.2 Å². The minimum Gasteiger partial charge on any atom is -0.370 e. The van der Waals surface area contributed by atoms with E-state index in [1.807, 2.05) is 0 Å². The molecule has 5 nitrogen and oxygen atoms in total. The first kappa shape index (κ1) is 15.7. The zero-order chi connectivity index (χ0) is 14.7. The Hall–Kier alpha value is -1.31. The molecule has 1 N–H and O–H groups in total. The highest BCUT2D eigenvalue weighted by Gasteiger charge is 2.43. The number of hydrogen-bond donors (Lipinski definition) is 1. The first-order valence-corrected chi connectivity index (χ1v) is 5.94. The monoisotopic (exact) mass is 282 g/mol. The first-order chi connectivity index (χ1) is 8.70. The summed E-state index contributed by atoms with van der Waals surface area (Å²) in [5.41, 5.74) is -1.03. The van der Waals surface area contributed by atoms with Gasteiger partial charge in [0.2, 0.25) is 11.8 Å². The average molecular weight is 282 g/mol. The first-order valence-electron chi connectivity index (χ1n) is 5.94. The van der Waals surface area contributed by atoms with E-state index in [-0.39, 0.29) is 31.5 Å². The van der Waals surface area contributed by atoms with Gasteiger partial charge < -0.3 is 15.0 Å². The van der Waals surface area contributed by atoms with Crippen LogP contribution in [-0.2, 0) is 14.3 Å². The highest BCUT2D eigenvalue weighted by molar-refractivity contribution is 5.97. The van der Waals surface area contributed by atoms with Crippen molar-refractivity contribution >= 4 is 11.8 Å². The van der Waals surface area contributed by atoms with Gasteiger partial charge in [0.25, 0.3) is 0 Å². The highest BCUT2D eigenvalue weighted by atomic mass is 19.4. The topological polar surface area (TPSA) is 58.6 Å². The second-order valence-electron chi connectivity index (χ2n) is 4.52. The number of halogens is 3. The number of nitrogens with zero attached hydrogens (tertiary/aromatic N) is 1. The van der Waals surface area contributed by atoms with Crippen molar-refractivity contribution in [3.63, 3.8) is 0 Å². The van der Waals surface area contributed by atoms with Crippen molar-refractivity contribution in [3.05, 3.63) is 0 Å². The Labute approximate surface area is 109 Å². The van der Waals surface area contributed by atoms with Crippen molar-refractivity contribution in [2.75, 3.05) is 26.3 Å². The lowest BCUT2D eigenvalue weighted by Crippen LogP contribution is -2.66. The largest absolute Gasteiger partial charge is 0.411 e. The number of rotatable bonds is 5. The molecule has 0 aromatic rings. The number of amides is 2. The van der Waals surface area contributed by atoms with Gasteiger partial charge in [-0.15, -0.1) is 0 Å². The van der Waals surface area contributed by atoms with Crippen LogP contribution in [0.25, 0.3) is 0 Å². The molecule has 0 radical (unpaired) electrons. The number of carbonyl (C=O) groups excluding carboxylic acids is 2. The smallest absolute Gasteiger partial charge is 0.370 e. The van der Waals surface area contributed by atoms with Crippen LogP contribution in [0.1, 0.15) is 20.3 Å². The Morgan fingerprint density at radius 1 is 1.42 bits per heavy atom. The molecule has 1 atom stereocenters. The van der Waals surface area contributed by atoms with E-state index < -0.39 is 18.3 Å². The molecule has 1 unspecified atom stereocenters. The molecule has 0 aliphatic carbocycles. The molecule has 1 heterocycles. The summed E-state index contributed by atoms with van der Waals surface area (Å²) < 4.78 is 40.2.